The van der Waals surface area contributed by atoms with Crippen LogP contribution in [0, 0.1) is 0 Å². The van der Waals surface area contributed by atoms with E-state index < -0.39 is 0 Å². The van der Waals surface area contributed by atoms with Gasteiger partial charge < -0.3 is 0 Å². The van der Waals surface area contributed by atoms with Crippen LogP contribution in [0.3, 0.4) is 0 Å². The van der Waals surface area contributed by atoms with Gasteiger partial charge in [0.1, 0.15) is 0 Å². The highest BCUT2D eigenvalue weighted by atomic mass is 35.5. The topological polar surface area (TPSA) is 0 Å². The number of fused-ring (bicyclic) bond motifs is 2. The molecule has 0 spiro atoms. The molecule has 0 amide bonds. The van der Waals surface area contributed by atoms with Gasteiger partial charge in [0.15, 0.2) is 0 Å². The molecular formula is C15H9ClS. The van der Waals surface area contributed by atoms with Gasteiger partial charge in [0.05, 0.1) is 0 Å². The van der Waals surface area contributed by atoms with Gasteiger partial charge in [-0.15, -0.1) is 0 Å². The summed E-state index contributed by atoms with van der Waals surface area (Å²) in [6, 6.07) is 12.9. The molecule has 0 aromatic heterocycles. The Labute approximate surface area is 109 Å². The number of rotatable bonds is 0. The SMILES string of the molecule is Clc1ccc2c3c1C(C=C3)c1ccc(cc1)S2. The maximum Gasteiger partial charge on any atom is 0.0454 e. The van der Waals surface area contributed by atoms with E-state index in [9.17, 15) is 0 Å². The van der Waals surface area contributed by atoms with Crippen molar-refractivity contribution < 1.29 is 0 Å². The third-order valence-electron chi connectivity index (χ3n) is 3.43. The molecule has 0 saturated carbocycles. The number of allylic oxidation sites excluding steroid dienone is 1. The minimum absolute atomic E-state index is 0.324. The Balaban J connectivity index is 2.12. The first kappa shape index (κ1) is 9.81. The van der Waals surface area contributed by atoms with Gasteiger partial charge in [-0.1, -0.05) is 47.6 Å². The summed E-state index contributed by atoms with van der Waals surface area (Å²) in [6.45, 7) is 0. The Bertz CT molecular complexity index is 641. The largest absolute Gasteiger partial charge is 0.0895 e. The first-order valence-electron chi connectivity index (χ1n) is 5.61. The van der Waals surface area contributed by atoms with Gasteiger partial charge in [0.2, 0.25) is 0 Å². The van der Waals surface area contributed by atoms with Gasteiger partial charge >= 0.3 is 0 Å². The highest BCUT2D eigenvalue weighted by molar-refractivity contribution is 7.99. The van der Waals surface area contributed by atoms with E-state index >= 15 is 0 Å². The van der Waals surface area contributed by atoms with Crippen LogP contribution in [0.25, 0.3) is 6.08 Å². The third kappa shape index (κ3) is 1.33. The van der Waals surface area contributed by atoms with Crippen molar-refractivity contribution in [3.05, 3.63) is 64.2 Å². The molecule has 6 bridgehead atoms. The Morgan fingerprint density at radius 1 is 1.00 bits per heavy atom. The minimum atomic E-state index is 0.324. The zero-order valence-electron chi connectivity index (χ0n) is 8.98. The summed E-state index contributed by atoms with van der Waals surface area (Å²) in [5.74, 6) is 0.324. The van der Waals surface area contributed by atoms with Crippen LogP contribution in [0.5, 0.6) is 0 Å². The summed E-state index contributed by atoms with van der Waals surface area (Å²) in [4.78, 5) is 2.59. The normalized spacial score (nSPS) is 19.0. The van der Waals surface area contributed by atoms with E-state index in [1.165, 1.54) is 26.5 Å². The predicted molar refractivity (Wildman–Crippen MR) is 72.9 cm³/mol. The maximum atomic E-state index is 6.37. The van der Waals surface area contributed by atoms with Crippen LogP contribution in [0.4, 0.5) is 0 Å². The number of benzene rings is 2. The highest BCUT2D eigenvalue weighted by Gasteiger charge is 2.25. The van der Waals surface area contributed by atoms with Crippen molar-refractivity contribution in [3.63, 3.8) is 0 Å². The molecule has 2 aromatic rings. The Morgan fingerprint density at radius 3 is 2.65 bits per heavy atom. The molecule has 0 saturated heterocycles. The lowest BCUT2D eigenvalue weighted by atomic mass is 9.93. The lowest BCUT2D eigenvalue weighted by molar-refractivity contribution is 1.04. The van der Waals surface area contributed by atoms with Crippen molar-refractivity contribution in [1.82, 2.24) is 0 Å². The molecule has 0 radical (unpaired) electrons. The lowest BCUT2D eigenvalue weighted by Crippen LogP contribution is -1.96. The molecular weight excluding hydrogens is 248 g/mol. The minimum Gasteiger partial charge on any atom is -0.0895 e. The van der Waals surface area contributed by atoms with Gasteiger partial charge in [-0.2, -0.15) is 0 Å². The van der Waals surface area contributed by atoms with E-state index in [0.29, 0.717) is 5.92 Å². The van der Waals surface area contributed by atoms with E-state index in [-0.39, 0.29) is 0 Å². The molecule has 17 heavy (non-hydrogen) atoms. The second-order valence-corrected chi connectivity index (χ2v) is 5.90. The molecule has 2 aromatic carbocycles. The van der Waals surface area contributed by atoms with Crippen molar-refractivity contribution in [1.29, 1.82) is 0 Å². The standard InChI is InChI=1S/C15H9ClS/c16-13-7-8-14-12-6-5-11(15(12)13)9-1-3-10(17-14)4-2-9/h1-8,11H. The van der Waals surface area contributed by atoms with Crippen molar-refractivity contribution in [3.8, 4) is 0 Å². The zero-order chi connectivity index (χ0) is 11.4. The van der Waals surface area contributed by atoms with Crippen LogP contribution in [-0.4, -0.2) is 0 Å². The number of hydrogen-bond acceptors (Lipinski definition) is 1. The van der Waals surface area contributed by atoms with Gasteiger partial charge in [0.25, 0.3) is 0 Å². The quantitative estimate of drug-likeness (QED) is 0.642. The van der Waals surface area contributed by atoms with Gasteiger partial charge in [-0.3, -0.25) is 0 Å². The molecule has 1 atom stereocenters. The monoisotopic (exact) mass is 256 g/mol. The van der Waals surface area contributed by atoms with E-state index in [0.717, 1.165) is 5.02 Å². The molecule has 2 heterocycles. The fraction of sp³-hybridized carbons (Fsp3) is 0.0667. The molecule has 0 fully saturated rings. The fourth-order valence-electron chi connectivity index (χ4n) is 2.60. The molecule has 5 rings (SSSR count). The Morgan fingerprint density at radius 2 is 1.82 bits per heavy atom. The fourth-order valence-corrected chi connectivity index (χ4v) is 3.84. The highest BCUT2D eigenvalue weighted by Crippen LogP contribution is 2.46. The van der Waals surface area contributed by atoms with Gasteiger partial charge in [0, 0.05) is 20.7 Å². The molecule has 0 nitrogen and oxygen atoms in total. The molecule has 2 aliphatic heterocycles. The van der Waals surface area contributed by atoms with E-state index in [1.54, 1.807) is 0 Å². The first-order chi connectivity index (χ1) is 8.33. The molecule has 1 aliphatic carbocycles. The van der Waals surface area contributed by atoms with Gasteiger partial charge in [-0.25, -0.2) is 0 Å². The van der Waals surface area contributed by atoms with Crippen LogP contribution in [0.15, 0.2) is 52.3 Å². The summed E-state index contributed by atoms with van der Waals surface area (Å²) in [6.07, 6.45) is 4.46. The van der Waals surface area contributed by atoms with Crippen LogP contribution in [0.1, 0.15) is 22.6 Å². The first-order valence-corrected chi connectivity index (χ1v) is 6.81. The average Bonchev–Trinajstić information content (AvgIpc) is 2.82. The van der Waals surface area contributed by atoms with E-state index in [1.807, 2.05) is 17.8 Å². The second kappa shape index (κ2) is 3.41. The smallest absolute Gasteiger partial charge is 0.0454 e. The Kier molecular flexibility index (Phi) is 1.97. The van der Waals surface area contributed by atoms with Crippen molar-refractivity contribution in [2.75, 3.05) is 0 Å². The van der Waals surface area contributed by atoms with Crippen molar-refractivity contribution in [2.24, 2.45) is 0 Å². The van der Waals surface area contributed by atoms with Crippen molar-refractivity contribution in [2.45, 2.75) is 15.7 Å². The summed E-state index contributed by atoms with van der Waals surface area (Å²) in [5.41, 5.74) is 3.89. The van der Waals surface area contributed by atoms with E-state index in [2.05, 4.69) is 42.5 Å². The number of halogens is 1. The Hall–Kier alpha value is -1.18. The maximum absolute atomic E-state index is 6.37. The summed E-state index contributed by atoms with van der Waals surface area (Å²) >= 11 is 8.18. The predicted octanol–water partition coefficient (Wildman–Crippen LogP) is 4.96. The van der Waals surface area contributed by atoms with Crippen molar-refractivity contribution >= 4 is 29.4 Å². The zero-order valence-corrected chi connectivity index (χ0v) is 10.6. The van der Waals surface area contributed by atoms with Crippen LogP contribution in [0.2, 0.25) is 5.02 Å². The third-order valence-corrected chi connectivity index (χ3v) is 4.84. The second-order valence-electron chi connectivity index (χ2n) is 4.38. The average molecular weight is 257 g/mol. The molecule has 2 heteroatoms. The molecule has 3 aliphatic rings. The lowest BCUT2D eigenvalue weighted by Gasteiger charge is -2.13. The summed E-state index contributed by atoms with van der Waals surface area (Å²) in [5, 5.41) is 0.879. The summed E-state index contributed by atoms with van der Waals surface area (Å²) in [7, 11) is 0. The summed E-state index contributed by atoms with van der Waals surface area (Å²) < 4.78 is 0. The van der Waals surface area contributed by atoms with Crippen LogP contribution >= 0.6 is 23.4 Å². The van der Waals surface area contributed by atoms with Crippen LogP contribution < -0.4 is 0 Å². The van der Waals surface area contributed by atoms with Gasteiger partial charge in [-0.05, 0) is 41.0 Å². The van der Waals surface area contributed by atoms with E-state index in [4.69, 9.17) is 11.6 Å². The molecule has 82 valence electrons. The molecule has 0 N–H and O–H groups in total. The molecule has 1 unspecified atom stereocenters. The number of hydrogen-bond donors (Lipinski definition) is 0. The van der Waals surface area contributed by atoms with Crippen LogP contribution in [-0.2, 0) is 0 Å².